The SMILES string of the molecule is CCNC(c1c(Br)nnn1C)C(OC)C1CC1. The largest absolute Gasteiger partial charge is 0.379 e. The Kier molecular flexibility index (Phi) is 4.17. The number of rotatable bonds is 6. The second-order valence-electron chi connectivity index (χ2n) is 4.46. The van der Waals surface area contributed by atoms with E-state index in [1.807, 2.05) is 11.7 Å². The van der Waals surface area contributed by atoms with Gasteiger partial charge in [0.2, 0.25) is 0 Å². The molecule has 5 nitrogen and oxygen atoms in total. The first kappa shape index (κ1) is 13.0. The maximum atomic E-state index is 5.67. The summed E-state index contributed by atoms with van der Waals surface area (Å²) in [6.45, 7) is 3.00. The number of methoxy groups -OCH3 is 1. The van der Waals surface area contributed by atoms with Crippen LogP contribution in [0.5, 0.6) is 0 Å². The Bertz CT molecular complexity index is 358. The minimum atomic E-state index is 0.145. The molecule has 1 N–H and O–H groups in total. The molecule has 1 aliphatic rings. The Morgan fingerprint density at radius 1 is 1.59 bits per heavy atom. The number of nitrogens with one attached hydrogen (secondary N) is 1. The zero-order valence-corrected chi connectivity index (χ0v) is 12.1. The van der Waals surface area contributed by atoms with Crippen molar-refractivity contribution in [1.29, 1.82) is 0 Å². The zero-order valence-electron chi connectivity index (χ0n) is 10.5. The van der Waals surface area contributed by atoms with Crippen LogP contribution in [0.3, 0.4) is 0 Å². The molecule has 2 rings (SSSR count). The zero-order chi connectivity index (χ0) is 12.4. The molecule has 6 heteroatoms. The molecular formula is C11H19BrN4O. The lowest BCUT2D eigenvalue weighted by Gasteiger charge is -2.26. The van der Waals surface area contributed by atoms with E-state index in [1.54, 1.807) is 7.11 Å². The van der Waals surface area contributed by atoms with Crippen LogP contribution in [0.15, 0.2) is 4.60 Å². The van der Waals surface area contributed by atoms with Gasteiger partial charge in [0.1, 0.15) is 0 Å². The topological polar surface area (TPSA) is 52.0 Å². The van der Waals surface area contributed by atoms with Crippen LogP contribution in [-0.2, 0) is 11.8 Å². The first-order valence-electron chi connectivity index (χ1n) is 6.00. The number of aromatic nitrogens is 3. The highest BCUT2D eigenvalue weighted by Crippen LogP contribution is 2.40. The lowest BCUT2D eigenvalue weighted by molar-refractivity contribution is 0.0485. The Balaban J connectivity index is 2.26. The van der Waals surface area contributed by atoms with Crippen molar-refractivity contribution in [3.05, 3.63) is 10.3 Å². The van der Waals surface area contributed by atoms with Crippen molar-refractivity contribution in [2.45, 2.75) is 31.9 Å². The Labute approximate surface area is 110 Å². The van der Waals surface area contributed by atoms with Gasteiger partial charge < -0.3 is 10.1 Å². The van der Waals surface area contributed by atoms with Gasteiger partial charge in [-0.2, -0.15) is 0 Å². The number of likely N-dealkylation sites (N-methyl/N-ethyl adjacent to an activating group) is 1. The predicted octanol–water partition coefficient (Wildman–Crippen LogP) is 1.65. The lowest BCUT2D eigenvalue weighted by Crippen LogP contribution is -2.36. The molecule has 2 atom stereocenters. The van der Waals surface area contributed by atoms with E-state index in [2.05, 4.69) is 38.5 Å². The fourth-order valence-electron chi connectivity index (χ4n) is 2.28. The molecule has 1 fully saturated rings. The van der Waals surface area contributed by atoms with Crippen LogP contribution < -0.4 is 5.32 Å². The van der Waals surface area contributed by atoms with Crippen LogP contribution in [0.25, 0.3) is 0 Å². The third-order valence-corrected chi connectivity index (χ3v) is 3.80. The number of ether oxygens (including phenoxy) is 1. The monoisotopic (exact) mass is 302 g/mol. The van der Waals surface area contributed by atoms with E-state index in [-0.39, 0.29) is 12.1 Å². The van der Waals surface area contributed by atoms with Crippen LogP contribution in [0.1, 0.15) is 31.5 Å². The Morgan fingerprint density at radius 2 is 2.29 bits per heavy atom. The van der Waals surface area contributed by atoms with Crippen LogP contribution in [-0.4, -0.2) is 34.8 Å². The molecule has 1 aromatic heterocycles. The van der Waals surface area contributed by atoms with Gasteiger partial charge in [-0.3, -0.25) is 0 Å². The number of hydrogen-bond acceptors (Lipinski definition) is 4. The quantitative estimate of drug-likeness (QED) is 0.868. The number of halogens is 1. The summed E-state index contributed by atoms with van der Waals surface area (Å²) in [7, 11) is 3.70. The molecule has 0 bridgehead atoms. The van der Waals surface area contributed by atoms with Crippen molar-refractivity contribution >= 4 is 15.9 Å². The summed E-state index contributed by atoms with van der Waals surface area (Å²) in [6.07, 6.45) is 2.70. The Morgan fingerprint density at radius 3 is 2.71 bits per heavy atom. The summed E-state index contributed by atoms with van der Waals surface area (Å²) in [5.74, 6) is 0.658. The second kappa shape index (κ2) is 5.46. The first-order valence-corrected chi connectivity index (χ1v) is 6.79. The highest BCUT2D eigenvalue weighted by atomic mass is 79.9. The number of nitrogens with zero attached hydrogens (tertiary/aromatic N) is 3. The Hall–Kier alpha value is -0.460. The molecule has 1 saturated carbocycles. The summed E-state index contributed by atoms with van der Waals surface area (Å²) in [6, 6.07) is 0.145. The molecule has 0 aliphatic heterocycles. The highest BCUT2D eigenvalue weighted by Gasteiger charge is 2.39. The standard InChI is InChI=1S/C11H19BrN4O/c1-4-13-8(10(17-3)7-5-6-7)9-11(12)14-15-16(9)2/h7-8,10,13H,4-6H2,1-3H3. The fourth-order valence-corrected chi connectivity index (χ4v) is 2.86. The van der Waals surface area contributed by atoms with Crippen molar-refractivity contribution in [3.63, 3.8) is 0 Å². The number of aryl methyl sites for hydroxylation is 1. The maximum absolute atomic E-state index is 5.67. The van der Waals surface area contributed by atoms with Gasteiger partial charge in [0.25, 0.3) is 0 Å². The van der Waals surface area contributed by atoms with Crippen molar-refractivity contribution < 1.29 is 4.74 Å². The molecular weight excluding hydrogens is 284 g/mol. The summed E-state index contributed by atoms with van der Waals surface area (Å²) in [5.41, 5.74) is 1.06. The highest BCUT2D eigenvalue weighted by molar-refractivity contribution is 9.10. The lowest BCUT2D eigenvalue weighted by atomic mass is 10.0. The molecule has 0 saturated heterocycles. The van der Waals surface area contributed by atoms with E-state index in [0.717, 1.165) is 16.8 Å². The van der Waals surface area contributed by atoms with Gasteiger partial charge in [-0.05, 0) is 41.2 Å². The summed E-state index contributed by atoms with van der Waals surface area (Å²) >= 11 is 3.46. The van der Waals surface area contributed by atoms with Crippen LogP contribution in [0.2, 0.25) is 0 Å². The van der Waals surface area contributed by atoms with E-state index >= 15 is 0 Å². The van der Waals surface area contributed by atoms with E-state index in [0.29, 0.717) is 5.92 Å². The third kappa shape index (κ3) is 2.69. The van der Waals surface area contributed by atoms with Crippen LogP contribution in [0.4, 0.5) is 0 Å². The number of hydrogen-bond donors (Lipinski definition) is 1. The fraction of sp³-hybridized carbons (Fsp3) is 0.818. The van der Waals surface area contributed by atoms with Crippen molar-refractivity contribution in [2.75, 3.05) is 13.7 Å². The average Bonchev–Trinajstić information content (AvgIpc) is 3.07. The molecule has 1 aromatic rings. The predicted molar refractivity (Wildman–Crippen MR) is 68.6 cm³/mol. The van der Waals surface area contributed by atoms with Gasteiger partial charge in [-0.1, -0.05) is 12.1 Å². The minimum Gasteiger partial charge on any atom is -0.379 e. The van der Waals surface area contributed by atoms with Gasteiger partial charge in [-0.25, -0.2) is 4.68 Å². The molecule has 0 amide bonds. The first-order chi connectivity index (χ1) is 8.19. The molecule has 2 unspecified atom stereocenters. The van der Waals surface area contributed by atoms with Gasteiger partial charge in [0.05, 0.1) is 17.8 Å². The third-order valence-electron chi connectivity index (χ3n) is 3.23. The summed E-state index contributed by atoms with van der Waals surface area (Å²) in [5, 5.41) is 11.6. The smallest absolute Gasteiger partial charge is 0.153 e. The average molecular weight is 303 g/mol. The molecule has 17 heavy (non-hydrogen) atoms. The normalized spacial score (nSPS) is 19.3. The van der Waals surface area contributed by atoms with E-state index in [9.17, 15) is 0 Å². The van der Waals surface area contributed by atoms with Crippen LogP contribution in [0, 0.1) is 5.92 Å². The van der Waals surface area contributed by atoms with Gasteiger partial charge in [0.15, 0.2) is 4.60 Å². The van der Waals surface area contributed by atoms with E-state index < -0.39 is 0 Å². The molecule has 0 aromatic carbocycles. The van der Waals surface area contributed by atoms with Gasteiger partial charge in [-0.15, -0.1) is 5.10 Å². The van der Waals surface area contributed by atoms with Crippen molar-refractivity contribution in [1.82, 2.24) is 20.3 Å². The van der Waals surface area contributed by atoms with Gasteiger partial charge >= 0.3 is 0 Å². The molecule has 1 aliphatic carbocycles. The molecule has 0 spiro atoms. The second-order valence-corrected chi connectivity index (χ2v) is 5.21. The van der Waals surface area contributed by atoms with E-state index in [1.165, 1.54) is 12.8 Å². The van der Waals surface area contributed by atoms with E-state index in [4.69, 9.17) is 4.74 Å². The van der Waals surface area contributed by atoms with Crippen LogP contribution >= 0.6 is 15.9 Å². The molecule has 96 valence electrons. The van der Waals surface area contributed by atoms with Gasteiger partial charge in [0, 0.05) is 14.2 Å². The maximum Gasteiger partial charge on any atom is 0.153 e. The van der Waals surface area contributed by atoms with Crippen molar-refractivity contribution in [3.8, 4) is 0 Å². The van der Waals surface area contributed by atoms with Crippen molar-refractivity contribution in [2.24, 2.45) is 13.0 Å². The summed E-state index contributed by atoms with van der Waals surface area (Å²) in [4.78, 5) is 0. The molecule has 1 heterocycles. The summed E-state index contributed by atoms with van der Waals surface area (Å²) < 4.78 is 8.28. The minimum absolute atomic E-state index is 0.145. The molecule has 0 radical (unpaired) electrons.